The number of hydrazine groups is 1. The van der Waals surface area contributed by atoms with Crippen LogP contribution in [0, 0.1) is 0 Å². The third kappa shape index (κ3) is 3.18. The van der Waals surface area contributed by atoms with Crippen molar-refractivity contribution in [1.82, 2.24) is 15.1 Å². The molecule has 1 N–H and O–H groups in total. The first-order valence-electron chi connectivity index (χ1n) is 8.37. The lowest BCUT2D eigenvalue weighted by molar-refractivity contribution is -0.101. The normalized spacial score (nSPS) is 13.0. The Kier molecular flexibility index (Phi) is 4.92. The number of urea groups is 1. The van der Waals surface area contributed by atoms with E-state index in [1.807, 2.05) is 55.5 Å². The molecular formula is C19H23N3O3. The average molecular weight is 341 g/mol. The van der Waals surface area contributed by atoms with Crippen LogP contribution in [0.1, 0.15) is 30.5 Å². The predicted octanol–water partition coefficient (Wildman–Crippen LogP) is 3.88. The van der Waals surface area contributed by atoms with Crippen molar-refractivity contribution in [3.8, 4) is 11.5 Å². The Morgan fingerprint density at radius 2 is 1.56 bits per heavy atom. The molecule has 0 atom stereocenters. The maximum atomic E-state index is 12.9. The summed E-state index contributed by atoms with van der Waals surface area (Å²) < 4.78 is 5.92. The first-order valence-corrected chi connectivity index (χ1v) is 8.37. The SMILES string of the molecule is CCCN(C(=O)N(O)C1c2ccccc2Oc2ccccc21)N(C)C. The minimum Gasteiger partial charge on any atom is -0.457 e. The van der Waals surface area contributed by atoms with Crippen molar-refractivity contribution in [2.45, 2.75) is 19.4 Å². The van der Waals surface area contributed by atoms with E-state index in [9.17, 15) is 10.0 Å². The number of hydroxylamine groups is 2. The van der Waals surface area contributed by atoms with Gasteiger partial charge in [0.1, 0.15) is 17.5 Å². The van der Waals surface area contributed by atoms with Crippen LogP contribution in [0.3, 0.4) is 0 Å². The number of nitrogens with zero attached hydrogens (tertiary/aromatic N) is 3. The van der Waals surface area contributed by atoms with Crippen LogP contribution < -0.4 is 4.74 Å². The number of amides is 2. The summed E-state index contributed by atoms with van der Waals surface area (Å²) in [5, 5.41) is 14.8. The number of hydrogen-bond donors (Lipinski definition) is 1. The van der Waals surface area contributed by atoms with E-state index in [2.05, 4.69) is 0 Å². The molecular weight excluding hydrogens is 318 g/mol. The molecule has 3 rings (SSSR count). The fraction of sp³-hybridized carbons (Fsp3) is 0.316. The molecule has 0 aromatic heterocycles. The lowest BCUT2D eigenvalue weighted by atomic mass is 9.94. The molecule has 0 bridgehead atoms. The summed E-state index contributed by atoms with van der Waals surface area (Å²) in [5.74, 6) is 1.29. The molecule has 2 aromatic rings. The van der Waals surface area contributed by atoms with E-state index in [-0.39, 0.29) is 0 Å². The van der Waals surface area contributed by atoms with Crippen LogP contribution in [0.2, 0.25) is 0 Å². The van der Waals surface area contributed by atoms with Crippen molar-refractivity contribution in [3.05, 3.63) is 59.7 Å². The van der Waals surface area contributed by atoms with Gasteiger partial charge in [-0.25, -0.2) is 9.80 Å². The summed E-state index contributed by atoms with van der Waals surface area (Å²) >= 11 is 0. The van der Waals surface area contributed by atoms with Gasteiger partial charge in [-0.15, -0.1) is 0 Å². The predicted molar refractivity (Wildman–Crippen MR) is 94.5 cm³/mol. The Balaban J connectivity index is 2.02. The molecule has 25 heavy (non-hydrogen) atoms. The van der Waals surface area contributed by atoms with E-state index in [1.165, 1.54) is 5.01 Å². The number of carbonyl (C=O) groups excluding carboxylic acids is 1. The van der Waals surface area contributed by atoms with Crippen molar-refractivity contribution in [3.63, 3.8) is 0 Å². The zero-order chi connectivity index (χ0) is 18.0. The first-order chi connectivity index (χ1) is 12.0. The van der Waals surface area contributed by atoms with Gasteiger partial charge in [-0.2, -0.15) is 5.06 Å². The van der Waals surface area contributed by atoms with Crippen molar-refractivity contribution < 1.29 is 14.7 Å². The summed E-state index contributed by atoms with van der Waals surface area (Å²) in [6.07, 6.45) is 0.790. The highest BCUT2D eigenvalue weighted by molar-refractivity contribution is 5.74. The van der Waals surface area contributed by atoms with E-state index in [0.29, 0.717) is 18.0 Å². The number of carbonyl (C=O) groups is 1. The molecule has 0 aliphatic carbocycles. The zero-order valence-electron chi connectivity index (χ0n) is 14.7. The highest BCUT2D eigenvalue weighted by atomic mass is 16.5. The molecule has 1 aliphatic rings. The second-order valence-electron chi connectivity index (χ2n) is 6.18. The van der Waals surface area contributed by atoms with Crippen molar-refractivity contribution in [2.75, 3.05) is 20.6 Å². The lowest BCUT2D eigenvalue weighted by Crippen LogP contribution is -2.50. The minimum atomic E-state index is -0.618. The van der Waals surface area contributed by atoms with Gasteiger partial charge in [0.05, 0.1) is 0 Å². The van der Waals surface area contributed by atoms with Gasteiger partial charge >= 0.3 is 6.03 Å². The summed E-state index contributed by atoms with van der Waals surface area (Å²) in [7, 11) is 3.57. The van der Waals surface area contributed by atoms with Gasteiger partial charge in [-0.05, 0) is 18.6 Å². The Hall–Kier alpha value is -2.57. The van der Waals surface area contributed by atoms with Crippen LogP contribution in [0.25, 0.3) is 0 Å². The molecule has 0 saturated carbocycles. The Labute approximate surface area is 147 Å². The summed E-state index contributed by atoms with van der Waals surface area (Å²) in [5.41, 5.74) is 1.51. The molecule has 6 heteroatoms. The van der Waals surface area contributed by atoms with E-state index < -0.39 is 12.1 Å². The highest BCUT2D eigenvalue weighted by Gasteiger charge is 2.36. The van der Waals surface area contributed by atoms with Crippen molar-refractivity contribution >= 4 is 6.03 Å². The summed E-state index contributed by atoms with van der Waals surface area (Å²) in [6, 6.07) is 13.8. The van der Waals surface area contributed by atoms with Gasteiger partial charge in [0.2, 0.25) is 0 Å². The minimum absolute atomic E-state index is 0.469. The van der Waals surface area contributed by atoms with Gasteiger partial charge in [0.25, 0.3) is 0 Å². The average Bonchev–Trinajstić information content (AvgIpc) is 2.62. The van der Waals surface area contributed by atoms with Gasteiger partial charge in [0.15, 0.2) is 0 Å². The molecule has 0 fully saturated rings. The van der Waals surface area contributed by atoms with Crippen LogP contribution in [-0.4, -0.2) is 47.0 Å². The summed E-state index contributed by atoms with van der Waals surface area (Å²) in [4.78, 5) is 12.9. The Morgan fingerprint density at radius 1 is 1.04 bits per heavy atom. The van der Waals surface area contributed by atoms with Gasteiger partial charge in [-0.1, -0.05) is 43.3 Å². The largest absolute Gasteiger partial charge is 0.457 e. The number of ether oxygens (including phenoxy) is 1. The van der Waals surface area contributed by atoms with E-state index in [1.54, 1.807) is 19.1 Å². The molecule has 0 spiro atoms. The number of benzene rings is 2. The van der Waals surface area contributed by atoms with E-state index >= 15 is 0 Å². The zero-order valence-corrected chi connectivity index (χ0v) is 14.7. The van der Waals surface area contributed by atoms with Crippen LogP contribution in [-0.2, 0) is 0 Å². The van der Waals surface area contributed by atoms with Gasteiger partial charge in [-0.3, -0.25) is 10.2 Å². The summed E-state index contributed by atoms with van der Waals surface area (Å²) in [6.45, 7) is 2.51. The molecule has 0 radical (unpaired) electrons. The molecule has 2 aromatic carbocycles. The molecule has 2 amide bonds. The number of fused-ring (bicyclic) bond motifs is 2. The van der Waals surface area contributed by atoms with Gasteiger partial charge in [0, 0.05) is 31.8 Å². The maximum absolute atomic E-state index is 12.9. The van der Waals surface area contributed by atoms with Crippen LogP contribution in [0.4, 0.5) is 4.79 Å². The monoisotopic (exact) mass is 341 g/mol. The molecule has 132 valence electrons. The molecule has 1 heterocycles. The molecule has 6 nitrogen and oxygen atoms in total. The smallest absolute Gasteiger partial charge is 0.359 e. The number of para-hydroxylation sites is 2. The highest BCUT2D eigenvalue weighted by Crippen LogP contribution is 2.45. The second kappa shape index (κ2) is 7.13. The lowest BCUT2D eigenvalue weighted by Gasteiger charge is -2.37. The van der Waals surface area contributed by atoms with E-state index in [4.69, 9.17) is 4.74 Å². The second-order valence-corrected chi connectivity index (χ2v) is 6.18. The first kappa shape index (κ1) is 17.3. The van der Waals surface area contributed by atoms with Crippen molar-refractivity contribution in [2.24, 2.45) is 0 Å². The van der Waals surface area contributed by atoms with Gasteiger partial charge < -0.3 is 4.74 Å². The van der Waals surface area contributed by atoms with Crippen LogP contribution in [0.15, 0.2) is 48.5 Å². The number of hydrogen-bond acceptors (Lipinski definition) is 4. The van der Waals surface area contributed by atoms with Crippen LogP contribution in [0.5, 0.6) is 11.5 Å². The van der Waals surface area contributed by atoms with E-state index in [0.717, 1.165) is 22.6 Å². The third-order valence-corrected chi connectivity index (χ3v) is 4.23. The quantitative estimate of drug-likeness (QED) is 0.677. The Bertz CT molecular complexity index is 718. The van der Waals surface area contributed by atoms with Crippen molar-refractivity contribution in [1.29, 1.82) is 0 Å². The topological polar surface area (TPSA) is 56.3 Å². The standard InChI is InChI=1S/C19H23N3O3/c1-4-13-21(20(2)3)19(23)22(24)18-14-9-5-7-11-16(14)25-17-12-8-6-10-15(17)18/h5-12,18,24H,4,13H2,1-3H3. The fourth-order valence-corrected chi connectivity index (χ4v) is 3.06. The fourth-order valence-electron chi connectivity index (χ4n) is 3.06. The van der Waals surface area contributed by atoms with Crippen LogP contribution >= 0.6 is 0 Å². The third-order valence-electron chi connectivity index (χ3n) is 4.23. The maximum Gasteiger partial charge on any atom is 0.359 e. The number of rotatable bonds is 4. The molecule has 0 saturated heterocycles. The Morgan fingerprint density at radius 3 is 2.04 bits per heavy atom. The molecule has 1 aliphatic heterocycles. The molecule has 0 unspecified atom stereocenters.